The topological polar surface area (TPSA) is 43.8 Å². The molecule has 0 unspecified atom stereocenters. The average Bonchev–Trinajstić information content (AvgIpc) is 2.75. The molecule has 0 bridgehead atoms. The number of aryl methyl sites for hydroxylation is 1. The van der Waals surface area contributed by atoms with Crippen molar-refractivity contribution in [3.05, 3.63) is 54.1 Å². The number of benzene rings is 2. The molecule has 3 aromatic rings. The van der Waals surface area contributed by atoms with Gasteiger partial charge in [0, 0.05) is 18.0 Å². The summed E-state index contributed by atoms with van der Waals surface area (Å²) in [6.45, 7) is 0.673. The lowest BCUT2D eigenvalue weighted by atomic mass is 10.0. The van der Waals surface area contributed by atoms with E-state index < -0.39 is 0 Å². The maximum atomic E-state index is 5.64. The molecule has 19 heavy (non-hydrogen) atoms. The number of aromatic nitrogens is 2. The van der Waals surface area contributed by atoms with Crippen molar-refractivity contribution in [1.29, 1.82) is 0 Å². The monoisotopic (exact) mass is 251 g/mol. The fourth-order valence-electron chi connectivity index (χ4n) is 2.51. The highest BCUT2D eigenvalue weighted by Gasteiger charge is 2.11. The summed E-state index contributed by atoms with van der Waals surface area (Å²) in [5.41, 5.74) is 10.3. The molecule has 1 aromatic heterocycles. The molecule has 3 heteroatoms. The molecule has 0 fully saturated rings. The fourth-order valence-corrected chi connectivity index (χ4v) is 2.51. The Kier molecular flexibility index (Phi) is 3.05. The van der Waals surface area contributed by atoms with E-state index in [2.05, 4.69) is 47.6 Å². The Hall–Kier alpha value is -2.13. The Morgan fingerprint density at radius 1 is 1.11 bits per heavy atom. The first-order valence-electron chi connectivity index (χ1n) is 6.50. The molecular formula is C16H17N3. The van der Waals surface area contributed by atoms with Gasteiger partial charge in [0.05, 0.1) is 11.2 Å². The summed E-state index contributed by atoms with van der Waals surface area (Å²) in [5.74, 6) is 0. The van der Waals surface area contributed by atoms with Crippen LogP contribution in [0.1, 0.15) is 5.56 Å². The molecule has 3 rings (SSSR count). The highest BCUT2D eigenvalue weighted by atomic mass is 15.3. The minimum Gasteiger partial charge on any atom is -0.330 e. The third-order valence-corrected chi connectivity index (χ3v) is 3.38. The van der Waals surface area contributed by atoms with Crippen LogP contribution in [0, 0.1) is 0 Å². The number of fused-ring (bicyclic) bond motifs is 1. The van der Waals surface area contributed by atoms with Gasteiger partial charge in [-0.2, -0.15) is 5.10 Å². The van der Waals surface area contributed by atoms with Crippen molar-refractivity contribution >= 4 is 10.9 Å². The molecule has 0 radical (unpaired) electrons. The summed E-state index contributed by atoms with van der Waals surface area (Å²) >= 11 is 0. The van der Waals surface area contributed by atoms with E-state index in [1.54, 1.807) is 0 Å². The van der Waals surface area contributed by atoms with E-state index in [0.717, 1.165) is 17.6 Å². The predicted octanol–water partition coefficient (Wildman–Crippen LogP) is 2.74. The van der Waals surface area contributed by atoms with Crippen molar-refractivity contribution in [3.63, 3.8) is 0 Å². The van der Waals surface area contributed by atoms with Crippen LogP contribution in [0.3, 0.4) is 0 Å². The van der Waals surface area contributed by atoms with E-state index >= 15 is 0 Å². The molecular weight excluding hydrogens is 234 g/mol. The van der Waals surface area contributed by atoms with Crippen molar-refractivity contribution in [2.45, 2.75) is 6.42 Å². The van der Waals surface area contributed by atoms with Crippen molar-refractivity contribution in [2.75, 3.05) is 6.54 Å². The Bertz CT molecular complexity index is 699. The Morgan fingerprint density at radius 3 is 2.63 bits per heavy atom. The normalized spacial score (nSPS) is 11.1. The van der Waals surface area contributed by atoms with Gasteiger partial charge in [-0.1, -0.05) is 36.4 Å². The molecule has 96 valence electrons. The second kappa shape index (κ2) is 4.86. The lowest BCUT2D eigenvalue weighted by Gasteiger charge is -2.03. The van der Waals surface area contributed by atoms with Crippen molar-refractivity contribution < 1.29 is 0 Å². The number of nitrogens with zero attached hydrogens (tertiary/aromatic N) is 2. The zero-order valence-electron chi connectivity index (χ0n) is 11.0. The molecule has 0 spiro atoms. The van der Waals surface area contributed by atoms with Crippen LogP contribution < -0.4 is 5.73 Å². The number of rotatable bonds is 3. The molecule has 0 aliphatic heterocycles. The van der Waals surface area contributed by atoms with Crippen molar-refractivity contribution in [3.8, 4) is 11.3 Å². The van der Waals surface area contributed by atoms with Gasteiger partial charge < -0.3 is 5.73 Å². The van der Waals surface area contributed by atoms with Crippen LogP contribution >= 0.6 is 0 Å². The maximum Gasteiger partial charge on any atom is 0.0930 e. The smallest absolute Gasteiger partial charge is 0.0930 e. The van der Waals surface area contributed by atoms with Gasteiger partial charge in [-0.25, -0.2) is 0 Å². The molecule has 0 atom stereocenters. The number of hydrogen-bond donors (Lipinski definition) is 1. The van der Waals surface area contributed by atoms with E-state index in [0.29, 0.717) is 6.54 Å². The van der Waals surface area contributed by atoms with Crippen LogP contribution in [0.5, 0.6) is 0 Å². The van der Waals surface area contributed by atoms with E-state index in [4.69, 9.17) is 5.73 Å². The first-order valence-corrected chi connectivity index (χ1v) is 6.50. The fraction of sp³-hybridized carbons (Fsp3) is 0.188. The molecule has 2 aromatic carbocycles. The summed E-state index contributed by atoms with van der Waals surface area (Å²) in [4.78, 5) is 0. The third-order valence-electron chi connectivity index (χ3n) is 3.38. The van der Waals surface area contributed by atoms with Gasteiger partial charge in [-0.15, -0.1) is 0 Å². The Labute approximate surface area is 112 Å². The largest absolute Gasteiger partial charge is 0.330 e. The highest BCUT2D eigenvalue weighted by molar-refractivity contribution is 5.93. The predicted molar refractivity (Wildman–Crippen MR) is 78.9 cm³/mol. The first-order chi connectivity index (χ1) is 9.29. The average molecular weight is 251 g/mol. The van der Waals surface area contributed by atoms with Crippen LogP contribution in [0.2, 0.25) is 0 Å². The minimum atomic E-state index is 0.673. The summed E-state index contributed by atoms with van der Waals surface area (Å²) in [5, 5.41) is 5.77. The number of nitrogens with two attached hydrogens (primary N) is 1. The third kappa shape index (κ3) is 2.13. The van der Waals surface area contributed by atoms with Crippen LogP contribution in [0.4, 0.5) is 0 Å². The summed E-state index contributed by atoms with van der Waals surface area (Å²) < 4.78 is 1.95. The van der Waals surface area contributed by atoms with Crippen molar-refractivity contribution in [1.82, 2.24) is 9.78 Å². The van der Waals surface area contributed by atoms with Crippen molar-refractivity contribution in [2.24, 2.45) is 12.8 Å². The van der Waals surface area contributed by atoms with Gasteiger partial charge in [-0.3, -0.25) is 4.68 Å². The standard InChI is InChI=1S/C16H17N3/c1-19-16(13-5-3-2-4-6-13)14-11-12(9-10-17)7-8-15(14)18-19/h2-8,11H,9-10,17H2,1H3. The number of hydrogen-bond acceptors (Lipinski definition) is 2. The molecule has 1 heterocycles. The van der Waals surface area contributed by atoms with Crippen LogP contribution in [-0.2, 0) is 13.5 Å². The van der Waals surface area contributed by atoms with E-state index in [9.17, 15) is 0 Å². The first kappa shape index (κ1) is 11.9. The molecule has 0 saturated heterocycles. The summed E-state index contributed by atoms with van der Waals surface area (Å²) in [7, 11) is 1.99. The van der Waals surface area contributed by atoms with Gasteiger partial charge in [0.2, 0.25) is 0 Å². The van der Waals surface area contributed by atoms with Gasteiger partial charge in [0.1, 0.15) is 0 Å². The second-order valence-corrected chi connectivity index (χ2v) is 4.73. The lowest BCUT2D eigenvalue weighted by Crippen LogP contribution is -2.02. The maximum absolute atomic E-state index is 5.64. The highest BCUT2D eigenvalue weighted by Crippen LogP contribution is 2.28. The van der Waals surface area contributed by atoms with E-state index in [-0.39, 0.29) is 0 Å². The van der Waals surface area contributed by atoms with Crippen LogP contribution in [0.15, 0.2) is 48.5 Å². The molecule has 0 saturated carbocycles. The SMILES string of the molecule is Cn1nc2ccc(CCN)cc2c1-c1ccccc1. The zero-order valence-corrected chi connectivity index (χ0v) is 11.0. The lowest BCUT2D eigenvalue weighted by molar-refractivity contribution is 0.788. The van der Waals surface area contributed by atoms with Gasteiger partial charge in [-0.05, 0) is 30.7 Å². The summed E-state index contributed by atoms with van der Waals surface area (Å²) in [6, 6.07) is 16.8. The Balaban J connectivity index is 2.22. The Morgan fingerprint density at radius 2 is 1.89 bits per heavy atom. The van der Waals surface area contributed by atoms with Crippen LogP contribution in [0.25, 0.3) is 22.2 Å². The molecule has 0 aliphatic carbocycles. The quantitative estimate of drug-likeness (QED) is 0.778. The van der Waals surface area contributed by atoms with E-state index in [1.807, 2.05) is 17.8 Å². The molecule has 0 aliphatic rings. The molecule has 0 amide bonds. The van der Waals surface area contributed by atoms with Gasteiger partial charge >= 0.3 is 0 Å². The minimum absolute atomic E-state index is 0.673. The zero-order chi connectivity index (χ0) is 13.2. The van der Waals surface area contributed by atoms with Gasteiger partial charge in [0.15, 0.2) is 0 Å². The summed E-state index contributed by atoms with van der Waals surface area (Å²) in [6.07, 6.45) is 0.902. The van der Waals surface area contributed by atoms with E-state index in [1.165, 1.54) is 16.5 Å². The van der Waals surface area contributed by atoms with Gasteiger partial charge in [0.25, 0.3) is 0 Å². The second-order valence-electron chi connectivity index (χ2n) is 4.73. The molecule has 3 nitrogen and oxygen atoms in total. The van der Waals surface area contributed by atoms with Crippen LogP contribution in [-0.4, -0.2) is 16.3 Å². The molecule has 2 N–H and O–H groups in total.